The summed E-state index contributed by atoms with van der Waals surface area (Å²) in [6, 6.07) is 5.03. The molecule has 1 heterocycles. The van der Waals surface area contributed by atoms with Crippen molar-refractivity contribution in [3.63, 3.8) is 0 Å². The largest absolute Gasteiger partial charge is 0.454 e. The van der Waals surface area contributed by atoms with Crippen LogP contribution >= 0.6 is 15.9 Å². The van der Waals surface area contributed by atoms with E-state index >= 15 is 0 Å². The second-order valence-electron chi connectivity index (χ2n) is 3.30. The van der Waals surface area contributed by atoms with E-state index in [-0.39, 0.29) is 12.1 Å². The normalized spacial score (nSPS) is 15.8. The van der Waals surface area contributed by atoms with Gasteiger partial charge in [0.1, 0.15) is 6.10 Å². The van der Waals surface area contributed by atoms with Gasteiger partial charge in [0, 0.05) is 10.2 Å². The Balaban J connectivity index is 2.12. The van der Waals surface area contributed by atoms with Gasteiger partial charge in [0.15, 0.2) is 0 Å². The van der Waals surface area contributed by atoms with E-state index in [0.29, 0.717) is 28.9 Å². The van der Waals surface area contributed by atoms with Crippen molar-refractivity contribution in [2.75, 3.05) is 18.9 Å². The summed E-state index contributed by atoms with van der Waals surface area (Å²) in [6.45, 7) is 0.956. The summed E-state index contributed by atoms with van der Waals surface area (Å²) in [5.74, 6) is -0.373. The Bertz CT molecular complexity index is 390. The van der Waals surface area contributed by atoms with Crippen molar-refractivity contribution >= 4 is 27.6 Å². The Morgan fingerprint density at radius 2 is 2.27 bits per heavy atom. The van der Waals surface area contributed by atoms with Crippen molar-refractivity contribution < 1.29 is 14.3 Å². The Morgan fingerprint density at radius 3 is 2.87 bits per heavy atom. The molecule has 0 amide bonds. The summed E-state index contributed by atoms with van der Waals surface area (Å²) in [5.41, 5.74) is 6.57. The molecule has 0 radical (unpaired) electrons. The van der Waals surface area contributed by atoms with Crippen LogP contribution < -0.4 is 5.73 Å². The average Bonchev–Trinajstić information content (AvgIpc) is 2.15. The van der Waals surface area contributed by atoms with E-state index in [4.69, 9.17) is 15.2 Å². The number of benzene rings is 1. The second-order valence-corrected chi connectivity index (χ2v) is 4.16. The number of nitrogens with two attached hydrogens (primary N) is 1. The lowest BCUT2D eigenvalue weighted by Gasteiger charge is -2.25. The fourth-order valence-electron chi connectivity index (χ4n) is 1.20. The summed E-state index contributed by atoms with van der Waals surface area (Å²) in [7, 11) is 0. The average molecular weight is 272 g/mol. The predicted molar refractivity (Wildman–Crippen MR) is 58.6 cm³/mol. The van der Waals surface area contributed by atoms with Crippen LogP contribution in [-0.2, 0) is 9.47 Å². The second kappa shape index (κ2) is 4.20. The molecule has 0 aliphatic carbocycles. The van der Waals surface area contributed by atoms with Gasteiger partial charge in [-0.1, -0.05) is 0 Å². The third-order valence-corrected chi connectivity index (χ3v) is 2.78. The van der Waals surface area contributed by atoms with Gasteiger partial charge in [0.2, 0.25) is 0 Å². The molecule has 1 aromatic carbocycles. The Kier molecular flexibility index (Phi) is 2.93. The summed E-state index contributed by atoms with van der Waals surface area (Å²) < 4.78 is 10.8. The number of hydrogen-bond acceptors (Lipinski definition) is 4. The van der Waals surface area contributed by atoms with Crippen molar-refractivity contribution in [1.29, 1.82) is 0 Å². The molecule has 80 valence electrons. The molecule has 1 fully saturated rings. The monoisotopic (exact) mass is 271 g/mol. The molecule has 15 heavy (non-hydrogen) atoms. The molecule has 0 atom stereocenters. The lowest BCUT2D eigenvalue weighted by Crippen LogP contribution is -2.37. The molecule has 0 saturated carbocycles. The third kappa shape index (κ3) is 2.30. The molecule has 0 spiro atoms. The first-order chi connectivity index (χ1) is 7.16. The first kappa shape index (κ1) is 10.4. The Labute approximate surface area is 95.5 Å². The van der Waals surface area contributed by atoms with Gasteiger partial charge in [-0.25, -0.2) is 4.79 Å². The molecule has 0 aromatic heterocycles. The maximum Gasteiger partial charge on any atom is 0.339 e. The minimum absolute atomic E-state index is 0.120. The number of nitrogen functional groups attached to an aromatic ring is 1. The van der Waals surface area contributed by atoms with E-state index in [9.17, 15) is 4.79 Å². The van der Waals surface area contributed by atoms with Crippen LogP contribution in [0.3, 0.4) is 0 Å². The number of carbonyl (C=O) groups excluding carboxylic acids is 1. The van der Waals surface area contributed by atoms with E-state index < -0.39 is 0 Å². The molecule has 1 saturated heterocycles. The molecule has 5 heteroatoms. The van der Waals surface area contributed by atoms with Crippen LogP contribution in [0.1, 0.15) is 10.4 Å². The molecule has 2 rings (SSSR count). The van der Waals surface area contributed by atoms with Crippen LogP contribution in [0, 0.1) is 0 Å². The Morgan fingerprint density at radius 1 is 1.53 bits per heavy atom. The van der Waals surface area contributed by atoms with Crippen LogP contribution in [-0.4, -0.2) is 25.3 Å². The van der Waals surface area contributed by atoms with Crippen LogP contribution in [0.25, 0.3) is 0 Å². The van der Waals surface area contributed by atoms with Crippen molar-refractivity contribution in [1.82, 2.24) is 0 Å². The smallest absolute Gasteiger partial charge is 0.339 e. The van der Waals surface area contributed by atoms with Crippen LogP contribution in [0.15, 0.2) is 22.7 Å². The number of rotatable bonds is 2. The molecular formula is C10H10BrNO3. The topological polar surface area (TPSA) is 61.6 Å². The molecule has 2 N–H and O–H groups in total. The van der Waals surface area contributed by atoms with E-state index in [0.717, 1.165) is 0 Å². The summed E-state index contributed by atoms with van der Waals surface area (Å²) in [4.78, 5) is 11.7. The predicted octanol–water partition coefficient (Wildman–Crippen LogP) is 1.59. The first-order valence-electron chi connectivity index (χ1n) is 4.50. The standard InChI is InChI=1S/C10H10BrNO3/c11-9-2-1-6(12)3-8(9)10(13)15-7-4-14-5-7/h1-3,7H,4-5,12H2. The van der Waals surface area contributed by atoms with Crippen molar-refractivity contribution in [2.24, 2.45) is 0 Å². The number of halogens is 1. The first-order valence-corrected chi connectivity index (χ1v) is 5.30. The zero-order valence-electron chi connectivity index (χ0n) is 7.90. The maximum atomic E-state index is 11.7. The molecule has 0 bridgehead atoms. The number of carbonyl (C=O) groups is 1. The van der Waals surface area contributed by atoms with E-state index in [1.165, 1.54) is 0 Å². The van der Waals surface area contributed by atoms with Gasteiger partial charge in [-0.2, -0.15) is 0 Å². The van der Waals surface area contributed by atoms with Gasteiger partial charge in [-0.15, -0.1) is 0 Å². The van der Waals surface area contributed by atoms with Crippen LogP contribution in [0.5, 0.6) is 0 Å². The number of hydrogen-bond donors (Lipinski definition) is 1. The fraction of sp³-hybridized carbons (Fsp3) is 0.300. The van der Waals surface area contributed by atoms with Gasteiger partial charge in [-0.05, 0) is 34.1 Å². The van der Waals surface area contributed by atoms with Crippen molar-refractivity contribution in [2.45, 2.75) is 6.10 Å². The SMILES string of the molecule is Nc1ccc(Br)c(C(=O)OC2COC2)c1. The number of ether oxygens (including phenoxy) is 2. The van der Waals surface area contributed by atoms with Gasteiger partial charge in [0.05, 0.1) is 18.8 Å². The number of esters is 1. The molecule has 1 aliphatic heterocycles. The zero-order valence-corrected chi connectivity index (χ0v) is 9.49. The Hall–Kier alpha value is -1.07. The summed E-state index contributed by atoms with van der Waals surface area (Å²) in [6.07, 6.45) is -0.120. The van der Waals surface area contributed by atoms with E-state index in [1.54, 1.807) is 18.2 Å². The highest BCUT2D eigenvalue weighted by Gasteiger charge is 2.24. The molecular weight excluding hydrogens is 262 g/mol. The van der Waals surface area contributed by atoms with Crippen molar-refractivity contribution in [3.8, 4) is 0 Å². The third-order valence-electron chi connectivity index (χ3n) is 2.09. The highest BCUT2D eigenvalue weighted by Crippen LogP contribution is 2.21. The fourth-order valence-corrected chi connectivity index (χ4v) is 1.60. The summed E-state index contributed by atoms with van der Waals surface area (Å²) >= 11 is 3.27. The minimum Gasteiger partial charge on any atom is -0.454 e. The highest BCUT2D eigenvalue weighted by atomic mass is 79.9. The summed E-state index contributed by atoms with van der Waals surface area (Å²) in [5, 5.41) is 0. The quantitative estimate of drug-likeness (QED) is 0.656. The lowest BCUT2D eigenvalue weighted by atomic mass is 10.2. The molecule has 1 aliphatic rings. The molecule has 4 nitrogen and oxygen atoms in total. The van der Waals surface area contributed by atoms with Gasteiger partial charge in [-0.3, -0.25) is 0 Å². The van der Waals surface area contributed by atoms with Gasteiger partial charge >= 0.3 is 5.97 Å². The number of anilines is 1. The zero-order chi connectivity index (χ0) is 10.8. The van der Waals surface area contributed by atoms with E-state index in [2.05, 4.69) is 15.9 Å². The van der Waals surface area contributed by atoms with Crippen molar-refractivity contribution in [3.05, 3.63) is 28.2 Å². The van der Waals surface area contributed by atoms with Crippen LogP contribution in [0.2, 0.25) is 0 Å². The minimum atomic E-state index is -0.373. The van der Waals surface area contributed by atoms with Crippen LogP contribution in [0.4, 0.5) is 5.69 Å². The lowest BCUT2D eigenvalue weighted by molar-refractivity contribution is -0.103. The molecule has 1 aromatic rings. The highest BCUT2D eigenvalue weighted by molar-refractivity contribution is 9.10. The maximum absolute atomic E-state index is 11.7. The van der Waals surface area contributed by atoms with Gasteiger partial charge < -0.3 is 15.2 Å². The molecule has 0 unspecified atom stereocenters. The van der Waals surface area contributed by atoms with Gasteiger partial charge in [0.25, 0.3) is 0 Å². The van der Waals surface area contributed by atoms with E-state index in [1.807, 2.05) is 0 Å².